The second kappa shape index (κ2) is 5.06. The van der Waals surface area contributed by atoms with E-state index in [4.69, 9.17) is 5.11 Å². The third-order valence-electron chi connectivity index (χ3n) is 2.29. The standard InChI is InChI=1S/C8H18N2O3S/c1-10(5-2-6-11)14(12,13)9-7-8-3-4-8/h8-9,11H,2-7H2,1H3. The van der Waals surface area contributed by atoms with Gasteiger partial charge in [0.25, 0.3) is 10.2 Å². The highest BCUT2D eigenvalue weighted by molar-refractivity contribution is 7.87. The summed E-state index contributed by atoms with van der Waals surface area (Å²) in [6, 6.07) is 0. The lowest BCUT2D eigenvalue weighted by atomic mass is 10.4. The minimum absolute atomic E-state index is 0.0164. The van der Waals surface area contributed by atoms with Crippen LogP contribution < -0.4 is 4.72 Å². The van der Waals surface area contributed by atoms with Crippen molar-refractivity contribution < 1.29 is 13.5 Å². The number of hydrogen-bond donors (Lipinski definition) is 2. The fourth-order valence-corrected chi connectivity index (χ4v) is 2.11. The normalized spacial score (nSPS) is 17.6. The summed E-state index contributed by atoms with van der Waals surface area (Å²) in [6.07, 6.45) is 2.73. The van der Waals surface area contributed by atoms with Crippen molar-refractivity contribution in [3.8, 4) is 0 Å². The molecule has 0 spiro atoms. The molecule has 1 aliphatic rings. The minimum Gasteiger partial charge on any atom is -0.396 e. The van der Waals surface area contributed by atoms with E-state index in [0.29, 0.717) is 25.4 Å². The molecule has 0 atom stereocenters. The van der Waals surface area contributed by atoms with Crippen molar-refractivity contribution in [2.45, 2.75) is 19.3 Å². The van der Waals surface area contributed by atoms with Gasteiger partial charge >= 0.3 is 0 Å². The first-order chi connectivity index (χ1) is 6.56. The van der Waals surface area contributed by atoms with Crippen LogP contribution in [0, 0.1) is 5.92 Å². The Kier molecular flexibility index (Phi) is 4.31. The van der Waals surface area contributed by atoms with E-state index in [-0.39, 0.29) is 6.61 Å². The van der Waals surface area contributed by atoms with Crippen LogP contribution in [0.3, 0.4) is 0 Å². The Balaban J connectivity index is 2.29. The van der Waals surface area contributed by atoms with E-state index < -0.39 is 10.2 Å². The molecule has 0 radical (unpaired) electrons. The Morgan fingerprint density at radius 2 is 2.14 bits per heavy atom. The maximum Gasteiger partial charge on any atom is 0.279 e. The fourth-order valence-electron chi connectivity index (χ4n) is 1.07. The summed E-state index contributed by atoms with van der Waals surface area (Å²) in [6.45, 7) is 0.921. The number of hydrogen-bond acceptors (Lipinski definition) is 3. The number of nitrogens with one attached hydrogen (secondary N) is 1. The SMILES string of the molecule is CN(CCCO)S(=O)(=O)NCC1CC1. The van der Waals surface area contributed by atoms with Crippen LogP contribution >= 0.6 is 0 Å². The Hall–Kier alpha value is -0.170. The quantitative estimate of drug-likeness (QED) is 0.612. The maximum absolute atomic E-state index is 11.5. The van der Waals surface area contributed by atoms with Gasteiger partial charge in [-0.25, -0.2) is 4.72 Å². The Morgan fingerprint density at radius 3 is 2.64 bits per heavy atom. The molecule has 1 aliphatic carbocycles. The molecule has 5 nitrogen and oxygen atoms in total. The molecule has 0 amide bonds. The molecule has 0 aromatic heterocycles. The first-order valence-electron chi connectivity index (χ1n) is 4.88. The maximum atomic E-state index is 11.5. The van der Waals surface area contributed by atoms with Gasteiger partial charge in [0.1, 0.15) is 0 Å². The van der Waals surface area contributed by atoms with Crippen molar-refractivity contribution in [1.82, 2.24) is 9.03 Å². The molecular weight excluding hydrogens is 204 g/mol. The number of aliphatic hydroxyl groups is 1. The van der Waals surface area contributed by atoms with Gasteiger partial charge in [0.05, 0.1) is 0 Å². The summed E-state index contributed by atoms with van der Waals surface area (Å²) in [5.74, 6) is 0.538. The molecule has 14 heavy (non-hydrogen) atoms. The first-order valence-corrected chi connectivity index (χ1v) is 6.32. The van der Waals surface area contributed by atoms with Crippen molar-refractivity contribution >= 4 is 10.2 Å². The van der Waals surface area contributed by atoms with Crippen LogP contribution in [0.25, 0.3) is 0 Å². The number of rotatable bonds is 7. The second-order valence-electron chi connectivity index (χ2n) is 3.70. The lowest BCUT2D eigenvalue weighted by Gasteiger charge is -2.16. The van der Waals surface area contributed by atoms with E-state index >= 15 is 0 Å². The smallest absolute Gasteiger partial charge is 0.279 e. The van der Waals surface area contributed by atoms with Crippen LogP contribution in [-0.4, -0.2) is 44.6 Å². The van der Waals surface area contributed by atoms with Crippen molar-refractivity contribution in [3.05, 3.63) is 0 Å². The van der Waals surface area contributed by atoms with Crippen LogP contribution in [0.4, 0.5) is 0 Å². The van der Waals surface area contributed by atoms with Crippen molar-refractivity contribution in [3.63, 3.8) is 0 Å². The predicted octanol–water partition coefficient (Wildman–Crippen LogP) is -0.455. The lowest BCUT2D eigenvalue weighted by molar-refractivity contribution is 0.275. The summed E-state index contributed by atoms with van der Waals surface area (Å²) in [5.41, 5.74) is 0. The average Bonchev–Trinajstić information content (AvgIpc) is 2.94. The lowest BCUT2D eigenvalue weighted by Crippen LogP contribution is -2.39. The van der Waals surface area contributed by atoms with Gasteiger partial charge in [-0.3, -0.25) is 0 Å². The highest BCUT2D eigenvalue weighted by Crippen LogP contribution is 2.27. The molecule has 1 fully saturated rings. The van der Waals surface area contributed by atoms with Crippen molar-refractivity contribution in [1.29, 1.82) is 0 Å². The van der Waals surface area contributed by atoms with E-state index in [2.05, 4.69) is 4.72 Å². The Bertz CT molecular complexity index is 262. The van der Waals surface area contributed by atoms with Crippen molar-refractivity contribution in [2.24, 2.45) is 5.92 Å². The molecule has 84 valence electrons. The van der Waals surface area contributed by atoms with Gasteiger partial charge in [-0.05, 0) is 25.2 Å². The molecule has 1 rings (SSSR count). The molecule has 0 aromatic rings. The number of aliphatic hydroxyl groups excluding tert-OH is 1. The molecule has 0 saturated heterocycles. The van der Waals surface area contributed by atoms with E-state index in [9.17, 15) is 8.42 Å². The van der Waals surface area contributed by atoms with Gasteiger partial charge in [-0.2, -0.15) is 12.7 Å². The zero-order valence-corrected chi connectivity index (χ0v) is 9.26. The highest BCUT2D eigenvalue weighted by Gasteiger charge is 2.24. The zero-order valence-electron chi connectivity index (χ0n) is 8.44. The summed E-state index contributed by atoms with van der Waals surface area (Å²) in [4.78, 5) is 0. The molecule has 1 saturated carbocycles. The zero-order chi connectivity index (χ0) is 10.6. The molecule has 0 bridgehead atoms. The molecule has 0 aromatic carbocycles. The van der Waals surface area contributed by atoms with Crippen LogP contribution in [0.2, 0.25) is 0 Å². The molecule has 2 N–H and O–H groups in total. The van der Waals surface area contributed by atoms with Gasteiger partial charge in [0.15, 0.2) is 0 Å². The van der Waals surface area contributed by atoms with Gasteiger partial charge in [-0.15, -0.1) is 0 Å². The van der Waals surface area contributed by atoms with Crippen LogP contribution in [0.5, 0.6) is 0 Å². The summed E-state index contributed by atoms with van der Waals surface area (Å²) in [7, 11) is -1.80. The van der Waals surface area contributed by atoms with Gasteiger partial charge in [0, 0.05) is 26.7 Å². The van der Waals surface area contributed by atoms with Gasteiger partial charge < -0.3 is 5.11 Å². The van der Waals surface area contributed by atoms with E-state index in [0.717, 1.165) is 12.8 Å². The minimum atomic E-state index is -3.32. The van der Waals surface area contributed by atoms with Crippen LogP contribution in [0.1, 0.15) is 19.3 Å². The largest absolute Gasteiger partial charge is 0.396 e. The third-order valence-corrected chi connectivity index (χ3v) is 3.83. The Labute approximate surface area is 85.3 Å². The van der Waals surface area contributed by atoms with Gasteiger partial charge in [0.2, 0.25) is 0 Å². The number of nitrogens with zero attached hydrogens (tertiary/aromatic N) is 1. The fraction of sp³-hybridized carbons (Fsp3) is 1.00. The second-order valence-corrected chi connectivity index (χ2v) is 5.56. The summed E-state index contributed by atoms with van der Waals surface area (Å²) in [5, 5.41) is 8.57. The average molecular weight is 222 g/mol. The summed E-state index contributed by atoms with van der Waals surface area (Å²) < 4.78 is 26.8. The Morgan fingerprint density at radius 1 is 1.50 bits per heavy atom. The third kappa shape index (κ3) is 3.91. The molecule has 0 heterocycles. The summed E-state index contributed by atoms with van der Waals surface area (Å²) >= 11 is 0. The molecular formula is C8H18N2O3S. The van der Waals surface area contributed by atoms with E-state index in [1.165, 1.54) is 11.4 Å². The van der Waals surface area contributed by atoms with Crippen LogP contribution in [0.15, 0.2) is 0 Å². The topological polar surface area (TPSA) is 69.6 Å². The van der Waals surface area contributed by atoms with E-state index in [1.807, 2.05) is 0 Å². The highest BCUT2D eigenvalue weighted by atomic mass is 32.2. The molecule has 0 unspecified atom stereocenters. The van der Waals surface area contributed by atoms with Gasteiger partial charge in [-0.1, -0.05) is 0 Å². The van der Waals surface area contributed by atoms with Crippen LogP contribution in [-0.2, 0) is 10.2 Å². The first kappa shape index (κ1) is 11.9. The predicted molar refractivity (Wildman–Crippen MR) is 54.0 cm³/mol. The van der Waals surface area contributed by atoms with E-state index in [1.54, 1.807) is 0 Å². The molecule has 0 aliphatic heterocycles. The molecule has 6 heteroatoms. The monoisotopic (exact) mass is 222 g/mol. The van der Waals surface area contributed by atoms with Crippen molar-refractivity contribution in [2.75, 3.05) is 26.7 Å².